The van der Waals surface area contributed by atoms with Crippen LogP contribution in [0.3, 0.4) is 0 Å². The minimum absolute atomic E-state index is 0.00783. The van der Waals surface area contributed by atoms with Gasteiger partial charge in [-0.2, -0.15) is 5.26 Å². The van der Waals surface area contributed by atoms with Gasteiger partial charge in [0, 0.05) is 60.8 Å². The SMILES string of the molecule is Cc1cc2coccc-2c1NC(N[C@H]1CCCCN(CC(=O)N2CCCC2)C1=O)=C(C#N)C(=O)c1ccc(C(=O)NCc2ccncc2)cc1. The number of aryl methyl sites for hydroxylation is 1. The zero-order valence-corrected chi connectivity index (χ0v) is 27.9. The number of nitrogens with one attached hydrogen (secondary N) is 3. The van der Waals surface area contributed by atoms with E-state index in [1.54, 1.807) is 52.9 Å². The van der Waals surface area contributed by atoms with Crippen LogP contribution in [0.5, 0.6) is 0 Å². The number of likely N-dealkylation sites (tertiary alicyclic amines) is 2. The number of rotatable bonds is 11. The third-order valence-corrected chi connectivity index (χ3v) is 9.19. The minimum atomic E-state index is -0.787. The van der Waals surface area contributed by atoms with Crippen LogP contribution < -0.4 is 16.0 Å². The number of ketones is 1. The summed E-state index contributed by atoms with van der Waals surface area (Å²) in [6.45, 7) is 4.05. The van der Waals surface area contributed by atoms with E-state index in [1.807, 2.05) is 13.0 Å². The van der Waals surface area contributed by atoms with Gasteiger partial charge in [-0.1, -0.05) is 12.1 Å². The fourth-order valence-corrected chi connectivity index (χ4v) is 6.42. The first-order chi connectivity index (χ1) is 24.3. The minimum Gasteiger partial charge on any atom is -0.472 e. The fourth-order valence-electron chi connectivity index (χ4n) is 6.42. The van der Waals surface area contributed by atoms with Gasteiger partial charge in [0.05, 0.1) is 24.8 Å². The van der Waals surface area contributed by atoms with Crippen LogP contribution in [0, 0.1) is 18.3 Å². The predicted molar refractivity (Wildman–Crippen MR) is 186 cm³/mol. The average Bonchev–Trinajstić information content (AvgIpc) is 3.76. The summed E-state index contributed by atoms with van der Waals surface area (Å²) < 4.78 is 5.35. The third kappa shape index (κ3) is 7.68. The molecule has 4 aliphatic rings. The van der Waals surface area contributed by atoms with Gasteiger partial charge >= 0.3 is 0 Å². The Hall–Kier alpha value is -5.96. The number of hydrogen-bond acceptors (Lipinski definition) is 9. The summed E-state index contributed by atoms with van der Waals surface area (Å²) in [7, 11) is 0. The third-order valence-electron chi connectivity index (χ3n) is 9.19. The van der Waals surface area contributed by atoms with Gasteiger partial charge in [-0.3, -0.25) is 24.2 Å². The van der Waals surface area contributed by atoms with Crippen molar-refractivity contribution in [1.82, 2.24) is 25.4 Å². The van der Waals surface area contributed by atoms with Crippen LogP contribution in [0.15, 0.2) is 89.3 Å². The van der Waals surface area contributed by atoms with Crippen molar-refractivity contribution < 1.29 is 23.6 Å². The second-order valence-corrected chi connectivity index (χ2v) is 12.6. The summed E-state index contributed by atoms with van der Waals surface area (Å²) in [5, 5.41) is 19.8. The largest absolute Gasteiger partial charge is 0.472 e. The van der Waals surface area contributed by atoms with Crippen molar-refractivity contribution in [3.05, 3.63) is 107 Å². The number of allylic oxidation sites excluding steroid dienone is 1. The lowest BCUT2D eigenvalue weighted by Gasteiger charge is -2.28. The van der Waals surface area contributed by atoms with Crippen molar-refractivity contribution in [2.75, 3.05) is 31.5 Å². The molecule has 256 valence electrons. The number of nitriles is 1. The topological polar surface area (TPSA) is 161 Å². The number of carbonyl (C=O) groups is 4. The van der Waals surface area contributed by atoms with Gasteiger partial charge in [-0.25, -0.2) is 0 Å². The molecule has 12 nitrogen and oxygen atoms in total. The quantitative estimate of drug-likeness (QED) is 0.117. The molecule has 3 amide bonds. The van der Waals surface area contributed by atoms with Gasteiger partial charge in [-0.05, 0) is 86.6 Å². The van der Waals surface area contributed by atoms with Crippen molar-refractivity contribution in [2.45, 2.75) is 51.6 Å². The Morgan fingerprint density at radius 3 is 2.44 bits per heavy atom. The molecule has 3 N–H and O–H groups in total. The molecule has 1 aromatic carbocycles. The Morgan fingerprint density at radius 2 is 1.70 bits per heavy atom. The lowest BCUT2D eigenvalue weighted by molar-refractivity contribution is -0.140. The molecule has 0 radical (unpaired) electrons. The van der Waals surface area contributed by atoms with E-state index in [9.17, 15) is 24.4 Å². The molecule has 2 aromatic rings. The highest BCUT2D eigenvalue weighted by Crippen LogP contribution is 2.37. The molecule has 1 aromatic heterocycles. The van der Waals surface area contributed by atoms with Crippen LogP contribution >= 0.6 is 0 Å². The van der Waals surface area contributed by atoms with Crippen LogP contribution in [-0.4, -0.2) is 70.5 Å². The van der Waals surface area contributed by atoms with E-state index < -0.39 is 11.8 Å². The number of benzene rings is 1. The Morgan fingerprint density at radius 1 is 0.980 bits per heavy atom. The zero-order valence-electron chi connectivity index (χ0n) is 27.9. The number of amides is 3. The van der Waals surface area contributed by atoms with Crippen molar-refractivity contribution in [3.63, 3.8) is 0 Å². The van der Waals surface area contributed by atoms with E-state index in [1.165, 1.54) is 24.3 Å². The van der Waals surface area contributed by atoms with Crippen LogP contribution in [0.25, 0.3) is 11.1 Å². The van der Waals surface area contributed by atoms with Gasteiger partial charge < -0.3 is 30.2 Å². The van der Waals surface area contributed by atoms with E-state index in [4.69, 9.17) is 4.42 Å². The molecule has 12 heteroatoms. The van der Waals surface area contributed by atoms with Crippen molar-refractivity contribution in [2.24, 2.45) is 0 Å². The first-order valence-corrected chi connectivity index (χ1v) is 16.8. The molecule has 3 aliphatic heterocycles. The number of nitrogens with zero attached hydrogens (tertiary/aromatic N) is 4. The second-order valence-electron chi connectivity index (χ2n) is 12.6. The highest BCUT2D eigenvalue weighted by molar-refractivity contribution is 6.12. The van der Waals surface area contributed by atoms with Gasteiger partial charge in [-0.15, -0.1) is 0 Å². The summed E-state index contributed by atoms with van der Waals surface area (Å²) in [5.41, 5.74) is 4.35. The first kappa shape index (κ1) is 33.9. The van der Waals surface area contributed by atoms with Crippen LogP contribution in [-0.2, 0) is 16.1 Å². The maximum Gasteiger partial charge on any atom is 0.251 e. The predicted octanol–water partition coefficient (Wildman–Crippen LogP) is 4.64. The standard InChI is InChI=1S/C38H39N7O5/c1-25-20-29-24-50-19-13-30(29)34(25)43-36(42-32-6-2-3-18-45(38(32)49)23-33(46)44-16-4-5-17-44)31(21-39)35(47)27-7-9-28(10-8-27)37(48)41-22-26-11-14-40-15-12-26/h7-15,19-20,24,32,42-43H,2-6,16-18,22-23H2,1H3,(H,41,48)/t32-/m0/s1. The molecule has 0 unspecified atom stereocenters. The lowest BCUT2D eigenvalue weighted by Crippen LogP contribution is -2.49. The molecule has 0 saturated carbocycles. The summed E-state index contributed by atoms with van der Waals surface area (Å²) in [6, 6.07) is 14.7. The number of Topliss-reactive ketones (excluding diaryl/α,β-unsaturated/α-hetero) is 1. The molecule has 2 fully saturated rings. The van der Waals surface area contributed by atoms with Crippen molar-refractivity contribution in [1.29, 1.82) is 5.26 Å². The van der Waals surface area contributed by atoms with Crippen molar-refractivity contribution >= 4 is 29.2 Å². The normalized spacial score (nSPS) is 16.7. The molecule has 1 atom stereocenters. The van der Waals surface area contributed by atoms with E-state index in [0.717, 1.165) is 41.5 Å². The molecule has 4 heterocycles. The Labute approximate surface area is 290 Å². The highest BCUT2D eigenvalue weighted by atomic mass is 16.3. The number of carbonyl (C=O) groups excluding carboxylic acids is 4. The smallest absolute Gasteiger partial charge is 0.251 e. The maximum absolute atomic E-state index is 14.0. The van der Waals surface area contributed by atoms with E-state index in [2.05, 4.69) is 27.0 Å². The molecule has 50 heavy (non-hydrogen) atoms. The number of aromatic nitrogens is 1. The maximum atomic E-state index is 14.0. The van der Waals surface area contributed by atoms with E-state index >= 15 is 0 Å². The Balaban J connectivity index is 1.27. The van der Waals surface area contributed by atoms with Crippen LogP contribution in [0.1, 0.15) is 63.9 Å². The van der Waals surface area contributed by atoms with Gasteiger partial charge in [0.25, 0.3) is 5.91 Å². The highest BCUT2D eigenvalue weighted by Gasteiger charge is 2.32. The number of pyridine rings is 1. The molecule has 2 saturated heterocycles. The Bertz CT molecular complexity index is 1910. The summed E-state index contributed by atoms with van der Waals surface area (Å²) in [6.07, 6.45) is 10.3. The second kappa shape index (κ2) is 15.5. The number of anilines is 1. The van der Waals surface area contributed by atoms with Gasteiger partial charge in [0.15, 0.2) is 0 Å². The molecule has 0 bridgehead atoms. The molecular formula is C38H39N7O5. The molecule has 1 aliphatic carbocycles. The molecule has 0 spiro atoms. The average molecular weight is 674 g/mol. The van der Waals surface area contributed by atoms with Gasteiger partial charge in [0.1, 0.15) is 23.5 Å². The monoisotopic (exact) mass is 673 g/mol. The molecular weight excluding hydrogens is 634 g/mol. The number of fused-ring (bicyclic) bond motifs is 1. The summed E-state index contributed by atoms with van der Waals surface area (Å²) >= 11 is 0. The van der Waals surface area contributed by atoms with Crippen LogP contribution in [0.2, 0.25) is 0 Å². The van der Waals surface area contributed by atoms with Gasteiger partial charge in [0.2, 0.25) is 17.6 Å². The van der Waals surface area contributed by atoms with E-state index in [-0.39, 0.29) is 41.2 Å². The summed E-state index contributed by atoms with van der Waals surface area (Å²) in [4.78, 5) is 61.1. The molecule has 6 rings (SSSR count). The van der Waals surface area contributed by atoms with E-state index in [0.29, 0.717) is 50.3 Å². The fraction of sp³-hybridized carbons (Fsp3) is 0.316. The summed E-state index contributed by atoms with van der Waals surface area (Å²) in [5.74, 6) is -1.15. The number of hydrogen-bond donors (Lipinski definition) is 3. The van der Waals surface area contributed by atoms with Crippen molar-refractivity contribution in [3.8, 4) is 17.2 Å². The lowest BCUT2D eigenvalue weighted by atomic mass is 10.0. The first-order valence-electron chi connectivity index (χ1n) is 16.8. The zero-order chi connectivity index (χ0) is 35.0. The Kier molecular flexibility index (Phi) is 10.5. The van der Waals surface area contributed by atoms with Crippen LogP contribution in [0.4, 0.5) is 5.69 Å².